The molecule has 1 fully saturated rings. The van der Waals surface area contributed by atoms with Crippen molar-refractivity contribution in [2.75, 3.05) is 37.9 Å². The van der Waals surface area contributed by atoms with Crippen molar-refractivity contribution in [1.29, 1.82) is 0 Å². The van der Waals surface area contributed by atoms with Gasteiger partial charge in [0.1, 0.15) is 28.7 Å². The minimum Gasteiger partial charge on any atom is -0.479 e. The molecular weight excluding hydrogens is 525 g/mol. The second-order valence-electron chi connectivity index (χ2n) is 9.52. The van der Waals surface area contributed by atoms with Crippen molar-refractivity contribution < 1.29 is 17.9 Å². The molecule has 1 unspecified atom stereocenters. The second kappa shape index (κ2) is 11.3. The first-order chi connectivity index (χ1) is 18.7. The molecule has 0 saturated carbocycles. The Hall–Kier alpha value is -3.59. The van der Waals surface area contributed by atoms with E-state index in [1.54, 1.807) is 19.4 Å². The lowest BCUT2D eigenvalue weighted by Gasteiger charge is -2.42. The molecule has 4 aromatic rings. The van der Waals surface area contributed by atoms with Crippen molar-refractivity contribution in [3.05, 3.63) is 48.1 Å². The van der Waals surface area contributed by atoms with E-state index in [9.17, 15) is 13.2 Å². The van der Waals surface area contributed by atoms with Gasteiger partial charge in [-0.05, 0) is 32.4 Å². The maximum atomic E-state index is 14.4. The molecule has 12 nitrogen and oxygen atoms in total. The van der Waals surface area contributed by atoms with Gasteiger partial charge in [-0.3, -0.25) is 9.80 Å². The van der Waals surface area contributed by atoms with Gasteiger partial charge >= 0.3 is 0 Å². The van der Waals surface area contributed by atoms with E-state index in [-0.39, 0.29) is 23.8 Å². The molecule has 0 aliphatic carbocycles. The van der Waals surface area contributed by atoms with Gasteiger partial charge in [0.2, 0.25) is 5.88 Å². The predicted octanol–water partition coefficient (Wildman–Crippen LogP) is 3.26. The van der Waals surface area contributed by atoms with E-state index in [1.807, 2.05) is 11.0 Å². The first-order valence-corrected chi connectivity index (χ1v) is 13.7. The highest BCUT2D eigenvalue weighted by molar-refractivity contribution is 7.79. The Kier molecular flexibility index (Phi) is 7.79. The summed E-state index contributed by atoms with van der Waals surface area (Å²) in [4.78, 5) is 29.7. The number of aryl methyl sites for hydroxylation is 1. The fourth-order valence-corrected chi connectivity index (χ4v) is 5.54. The number of H-pyrrole nitrogens is 1. The number of nitrogens with zero attached hydrogens (tertiary/aromatic N) is 7. The third-order valence-corrected chi connectivity index (χ3v) is 7.45. The number of halogens is 1. The number of imidazole rings is 1. The predicted molar refractivity (Wildman–Crippen MR) is 145 cm³/mol. The quantitative estimate of drug-likeness (QED) is 0.275. The maximum Gasteiger partial charge on any atom is 0.250 e. The number of methoxy groups -OCH3 is 1. The highest BCUT2D eigenvalue weighted by Crippen LogP contribution is 2.35. The molecule has 0 aromatic carbocycles. The van der Waals surface area contributed by atoms with Crippen molar-refractivity contribution in [2.24, 2.45) is 0 Å². The van der Waals surface area contributed by atoms with Crippen LogP contribution in [-0.2, 0) is 11.1 Å². The van der Waals surface area contributed by atoms with E-state index >= 15 is 0 Å². The van der Waals surface area contributed by atoms with E-state index in [2.05, 4.69) is 44.0 Å². The fourth-order valence-electron chi connectivity index (χ4n) is 4.99. The molecule has 4 aromatic heterocycles. The van der Waals surface area contributed by atoms with Crippen LogP contribution in [0.2, 0.25) is 0 Å². The molecule has 39 heavy (non-hydrogen) atoms. The number of pyridine rings is 2. The number of anilines is 2. The molecule has 14 heteroatoms. The molecule has 0 amide bonds. The standard InChI is InChI=1S/C25H30FN9O3S/c1-14-11-34(13-39(36)37)5-6-35(14)15(2)17-7-19(21-22-24(30-12-29-22)32-16(3)31-21)23(27-9-17)33-18-8-20(26)25(38-4)28-10-18/h7-10,12,14-15H,5-6,11,13H2,1-4H3,(H,27,33)(H,36,37)(H,29,30,31,32)/t14-,15+/m0/s1. The van der Waals surface area contributed by atoms with Crippen molar-refractivity contribution in [1.82, 2.24) is 39.7 Å². The largest absolute Gasteiger partial charge is 0.479 e. The highest BCUT2D eigenvalue weighted by Gasteiger charge is 2.29. The van der Waals surface area contributed by atoms with Crippen LogP contribution in [0.25, 0.3) is 22.4 Å². The lowest BCUT2D eigenvalue weighted by atomic mass is 10.0. The van der Waals surface area contributed by atoms with Crippen LogP contribution in [-0.4, -0.2) is 87.1 Å². The van der Waals surface area contributed by atoms with Gasteiger partial charge in [0.25, 0.3) is 0 Å². The lowest BCUT2D eigenvalue weighted by Crippen LogP contribution is -2.53. The number of piperazine rings is 1. The van der Waals surface area contributed by atoms with Crippen molar-refractivity contribution in [3.8, 4) is 17.1 Å². The topological polar surface area (TPSA) is 145 Å². The van der Waals surface area contributed by atoms with Crippen LogP contribution < -0.4 is 10.1 Å². The van der Waals surface area contributed by atoms with E-state index < -0.39 is 16.9 Å². The Morgan fingerprint density at radius 3 is 2.79 bits per heavy atom. The molecule has 206 valence electrons. The van der Waals surface area contributed by atoms with E-state index in [0.717, 1.165) is 12.1 Å². The molecule has 1 aliphatic heterocycles. The Labute approximate surface area is 227 Å². The summed E-state index contributed by atoms with van der Waals surface area (Å²) < 4.78 is 39.9. The van der Waals surface area contributed by atoms with Crippen molar-refractivity contribution >= 4 is 33.7 Å². The molecule has 3 atom stereocenters. The number of hydrogen-bond acceptors (Lipinski definition) is 10. The van der Waals surface area contributed by atoms with E-state index in [1.165, 1.54) is 19.4 Å². The normalized spacial score (nSPS) is 18.3. The van der Waals surface area contributed by atoms with Gasteiger partial charge in [0, 0.05) is 49.5 Å². The third kappa shape index (κ3) is 5.73. The zero-order valence-corrected chi connectivity index (χ0v) is 22.9. The van der Waals surface area contributed by atoms with Crippen LogP contribution in [0.4, 0.5) is 15.9 Å². The molecule has 5 rings (SSSR count). The second-order valence-corrected chi connectivity index (χ2v) is 10.4. The number of hydrogen-bond donors (Lipinski definition) is 3. The van der Waals surface area contributed by atoms with Gasteiger partial charge in [0.05, 0.1) is 25.3 Å². The number of nitrogens with one attached hydrogen (secondary N) is 2. The fraction of sp³-hybridized carbons (Fsp3) is 0.400. The number of rotatable bonds is 8. The number of ether oxygens (including phenoxy) is 1. The summed E-state index contributed by atoms with van der Waals surface area (Å²) in [6, 6.07) is 3.48. The van der Waals surface area contributed by atoms with Crippen LogP contribution in [0.5, 0.6) is 5.88 Å². The van der Waals surface area contributed by atoms with Crippen LogP contribution in [0.3, 0.4) is 0 Å². The van der Waals surface area contributed by atoms with Gasteiger partial charge in [0.15, 0.2) is 22.5 Å². The highest BCUT2D eigenvalue weighted by atomic mass is 32.2. The number of fused-ring (bicyclic) bond motifs is 1. The first kappa shape index (κ1) is 27.0. The molecule has 1 aliphatic rings. The Morgan fingerprint density at radius 2 is 2.08 bits per heavy atom. The van der Waals surface area contributed by atoms with Crippen molar-refractivity contribution in [3.63, 3.8) is 0 Å². The van der Waals surface area contributed by atoms with Crippen LogP contribution in [0.1, 0.15) is 31.3 Å². The summed E-state index contributed by atoms with van der Waals surface area (Å²) in [5.41, 5.74) is 3.87. The average molecular weight is 556 g/mol. The summed E-state index contributed by atoms with van der Waals surface area (Å²) in [5.74, 6) is 0.475. The molecule has 3 N–H and O–H groups in total. The van der Waals surface area contributed by atoms with Gasteiger partial charge in [-0.15, -0.1) is 0 Å². The molecule has 0 radical (unpaired) electrons. The molecule has 1 saturated heterocycles. The van der Waals surface area contributed by atoms with Gasteiger partial charge in [-0.1, -0.05) is 0 Å². The van der Waals surface area contributed by atoms with E-state index in [0.29, 0.717) is 52.8 Å². The summed E-state index contributed by atoms with van der Waals surface area (Å²) in [5, 5.41) is 3.18. The third-order valence-electron chi connectivity index (χ3n) is 6.86. The summed E-state index contributed by atoms with van der Waals surface area (Å²) in [7, 11) is 1.36. The van der Waals surface area contributed by atoms with Crippen LogP contribution >= 0.6 is 0 Å². The Bertz CT molecular complexity index is 1520. The van der Waals surface area contributed by atoms with Gasteiger partial charge < -0.3 is 19.6 Å². The first-order valence-electron chi connectivity index (χ1n) is 12.4. The smallest absolute Gasteiger partial charge is 0.250 e. The zero-order valence-electron chi connectivity index (χ0n) is 22.1. The zero-order chi connectivity index (χ0) is 27.7. The number of aromatic amines is 1. The minimum atomic E-state index is -1.86. The maximum absolute atomic E-state index is 14.4. The lowest BCUT2D eigenvalue weighted by molar-refractivity contribution is 0.0631. The Balaban J connectivity index is 1.53. The molecule has 0 spiro atoms. The average Bonchev–Trinajstić information content (AvgIpc) is 3.36. The van der Waals surface area contributed by atoms with E-state index in [4.69, 9.17) is 14.7 Å². The number of aromatic nitrogens is 6. The van der Waals surface area contributed by atoms with Gasteiger partial charge in [-0.25, -0.2) is 33.5 Å². The summed E-state index contributed by atoms with van der Waals surface area (Å²) in [6.07, 6.45) is 4.84. The minimum absolute atomic E-state index is 0.00219. The summed E-state index contributed by atoms with van der Waals surface area (Å²) >= 11 is -1.86. The van der Waals surface area contributed by atoms with Crippen LogP contribution in [0.15, 0.2) is 30.9 Å². The molecule has 0 bridgehead atoms. The Morgan fingerprint density at radius 1 is 1.26 bits per heavy atom. The molecule has 5 heterocycles. The van der Waals surface area contributed by atoms with Crippen molar-refractivity contribution in [2.45, 2.75) is 32.9 Å². The summed E-state index contributed by atoms with van der Waals surface area (Å²) in [6.45, 7) is 8.14. The molecular formula is C25H30FN9O3S. The SMILES string of the molecule is COc1ncc(Nc2ncc([C@@H](C)N3CCN(CS(=O)O)C[C@@H]3C)cc2-c2nc(C)nc3nc[nH]c23)cc1F. The van der Waals surface area contributed by atoms with Crippen LogP contribution in [0, 0.1) is 12.7 Å². The monoisotopic (exact) mass is 555 g/mol. The van der Waals surface area contributed by atoms with Gasteiger partial charge in [-0.2, -0.15) is 0 Å².